The zero-order valence-corrected chi connectivity index (χ0v) is 8.00. The Morgan fingerprint density at radius 1 is 1.50 bits per heavy atom. The smallest absolute Gasteiger partial charge is 1.00 e. The van der Waals surface area contributed by atoms with Crippen molar-refractivity contribution in [3.63, 3.8) is 0 Å². The molecule has 0 rings (SSSR count). The maximum atomic E-state index is 9.24. The van der Waals surface area contributed by atoms with Crippen molar-refractivity contribution in [2.45, 2.75) is 6.92 Å². The quantitative estimate of drug-likeness (QED) is 0.341. The fourth-order valence-corrected chi connectivity index (χ4v) is 0. The second kappa shape index (κ2) is 11.7. The van der Waals surface area contributed by atoms with Gasteiger partial charge in [-0.2, -0.15) is 0 Å². The second-order valence-corrected chi connectivity index (χ2v) is 1.12. The van der Waals surface area contributed by atoms with Gasteiger partial charge in [0.2, 0.25) is 0 Å². The molecule has 0 atom stereocenters. The molecular weight excluding hydrogens is 149 g/mol. The molecule has 0 bridgehead atoms. The third-order valence-electron chi connectivity index (χ3n) is 0.175. The van der Waals surface area contributed by atoms with Crippen molar-refractivity contribution >= 4 is 11.9 Å². The molecule has 6 heteroatoms. The molecule has 0 aromatic carbocycles. The van der Waals surface area contributed by atoms with Crippen LogP contribution in [0.4, 0.5) is 0 Å². The van der Waals surface area contributed by atoms with Gasteiger partial charge in [0.05, 0.1) is 6.54 Å². The van der Waals surface area contributed by atoms with Crippen molar-refractivity contribution in [2.75, 3.05) is 6.54 Å². The standard InChI is InChI=1S/C2H5NO2.C2H4O2.Na.H/c3-1-2(4)5;1-2(3)4;;/h1,3H2,(H,4,5);1H3,(H,3,4);;/q;;+1;-1. The summed E-state index contributed by atoms with van der Waals surface area (Å²) in [5.41, 5.74) is 4.57. The Balaban J connectivity index is -0.0000000383. The van der Waals surface area contributed by atoms with Gasteiger partial charge in [-0.3, -0.25) is 9.59 Å². The van der Waals surface area contributed by atoms with E-state index >= 15 is 0 Å². The summed E-state index contributed by atoms with van der Waals surface area (Å²) in [5, 5.41) is 15.0. The van der Waals surface area contributed by atoms with E-state index in [1.807, 2.05) is 0 Å². The summed E-state index contributed by atoms with van der Waals surface area (Å²) in [4.78, 5) is 18.2. The molecule has 5 nitrogen and oxygen atoms in total. The van der Waals surface area contributed by atoms with Crippen LogP contribution in [0, 0.1) is 0 Å². The maximum Gasteiger partial charge on any atom is 1.00 e. The molecule has 0 aliphatic heterocycles. The second-order valence-electron chi connectivity index (χ2n) is 1.12. The molecule has 0 aliphatic carbocycles. The van der Waals surface area contributed by atoms with Crippen LogP contribution in [-0.2, 0) is 9.59 Å². The van der Waals surface area contributed by atoms with E-state index in [1.54, 1.807) is 0 Å². The van der Waals surface area contributed by atoms with E-state index in [-0.39, 0.29) is 37.5 Å². The molecule has 0 aliphatic rings. The van der Waals surface area contributed by atoms with Crippen LogP contribution in [0.1, 0.15) is 8.35 Å². The van der Waals surface area contributed by atoms with Crippen LogP contribution in [0.25, 0.3) is 0 Å². The molecule has 0 aromatic heterocycles. The SMILES string of the molecule is CC(=O)O.NCC(=O)O.[H-].[Na+]. The van der Waals surface area contributed by atoms with E-state index in [1.165, 1.54) is 0 Å². The van der Waals surface area contributed by atoms with Gasteiger partial charge in [-0.1, -0.05) is 0 Å². The van der Waals surface area contributed by atoms with Crippen molar-refractivity contribution in [2.24, 2.45) is 5.73 Å². The third-order valence-corrected chi connectivity index (χ3v) is 0.175. The number of carboxylic acid groups (broad SMARTS) is 2. The van der Waals surface area contributed by atoms with Crippen molar-refractivity contribution in [3.8, 4) is 0 Å². The molecule has 0 radical (unpaired) electrons. The molecule has 4 N–H and O–H groups in total. The van der Waals surface area contributed by atoms with Gasteiger partial charge in [0.25, 0.3) is 5.97 Å². The van der Waals surface area contributed by atoms with E-state index in [4.69, 9.17) is 15.0 Å². The van der Waals surface area contributed by atoms with Gasteiger partial charge in [0, 0.05) is 6.92 Å². The summed E-state index contributed by atoms with van der Waals surface area (Å²) in [7, 11) is 0. The summed E-state index contributed by atoms with van der Waals surface area (Å²) in [6.07, 6.45) is 0. The van der Waals surface area contributed by atoms with Gasteiger partial charge in [0.15, 0.2) is 0 Å². The van der Waals surface area contributed by atoms with Gasteiger partial charge in [-0.15, -0.1) is 0 Å². The molecule has 10 heavy (non-hydrogen) atoms. The molecule has 0 saturated heterocycles. The summed E-state index contributed by atoms with van der Waals surface area (Å²) in [6.45, 7) is 0.806. The average molecular weight is 159 g/mol. The summed E-state index contributed by atoms with van der Waals surface area (Å²) in [6, 6.07) is 0. The normalized spacial score (nSPS) is 6.20. The minimum atomic E-state index is -0.968. The van der Waals surface area contributed by atoms with Crippen molar-refractivity contribution in [1.29, 1.82) is 0 Å². The number of hydrogen-bond donors (Lipinski definition) is 3. The first-order valence-electron chi connectivity index (χ1n) is 2.12. The van der Waals surface area contributed by atoms with E-state index in [2.05, 4.69) is 5.73 Å². The Morgan fingerprint density at radius 2 is 1.60 bits per heavy atom. The van der Waals surface area contributed by atoms with Gasteiger partial charge < -0.3 is 17.4 Å². The molecule has 0 heterocycles. The Labute approximate surface area is 82.0 Å². The Morgan fingerprint density at radius 3 is 1.60 bits per heavy atom. The third kappa shape index (κ3) is 104. The van der Waals surface area contributed by atoms with E-state index in [0.29, 0.717) is 0 Å². The Bertz CT molecular complexity index is 106. The predicted octanol–water partition coefficient (Wildman–Crippen LogP) is -3.76. The molecule has 0 fully saturated rings. The molecular formula is C4H10NNaO4. The Kier molecular flexibility index (Phi) is 19.2. The molecule has 56 valence electrons. The van der Waals surface area contributed by atoms with Crippen LogP contribution in [-0.4, -0.2) is 28.7 Å². The van der Waals surface area contributed by atoms with Gasteiger partial charge in [-0.05, 0) is 0 Å². The number of carbonyl (C=O) groups is 2. The Hall–Kier alpha value is -0.100. The molecule has 0 amide bonds. The number of carboxylic acids is 2. The number of rotatable bonds is 1. The van der Waals surface area contributed by atoms with Crippen LogP contribution >= 0.6 is 0 Å². The zero-order valence-electron chi connectivity index (χ0n) is 7.00. The van der Waals surface area contributed by atoms with Crippen molar-refractivity contribution < 1.29 is 50.8 Å². The predicted molar refractivity (Wildman–Crippen MR) is 31.1 cm³/mol. The fourth-order valence-electron chi connectivity index (χ4n) is 0. The fraction of sp³-hybridized carbons (Fsp3) is 0.500. The van der Waals surface area contributed by atoms with Gasteiger partial charge in [0.1, 0.15) is 0 Å². The summed E-state index contributed by atoms with van der Waals surface area (Å²) >= 11 is 0. The van der Waals surface area contributed by atoms with E-state index < -0.39 is 11.9 Å². The first-order valence-corrected chi connectivity index (χ1v) is 2.12. The van der Waals surface area contributed by atoms with E-state index in [9.17, 15) is 4.79 Å². The molecule has 0 saturated carbocycles. The topological polar surface area (TPSA) is 101 Å². The number of nitrogens with two attached hydrogens (primary N) is 1. The molecule has 0 unspecified atom stereocenters. The monoisotopic (exact) mass is 159 g/mol. The van der Waals surface area contributed by atoms with Crippen LogP contribution in [0.15, 0.2) is 0 Å². The van der Waals surface area contributed by atoms with E-state index in [0.717, 1.165) is 6.92 Å². The number of hydrogen-bond acceptors (Lipinski definition) is 3. The van der Waals surface area contributed by atoms with Gasteiger partial charge in [-0.25, -0.2) is 0 Å². The minimum Gasteiger partial charge on any atom is -1.00 e. The van der Waals surface area contributed by atoms with Crippen molar-refractivity contribution in [3.05, 3.63) is 0 Å². The average Bonchev–Trinajstić information content (AvgIpc) is 1.65. The first-order chi connectivity index (χ1) is 4.00. The molecule has 0 spiro atoms. The van der Waals surface area contributed by atoms with Gasteiger partial charge >= 0.3 is 35.5 Å². The van der Waals surface area contributed by atoms with Crippen LogP contribution in [0.5, 0.6) is 0 Å². The molecule has 0 aromatic rings. The van der Waals surface area contributed by atoms with Crippen molar-refractivity contribution in [1.82, 2.24) is 0 Å². The maximum absolute atomic E-state index is 9.24. The first kappa shape index (κ1) is 16.5. The summed E-state index contributed by atoms with van der Waals surface area (Å²) < 4.78 is 0. The zero-order chi connectivity index (χ0) is 7.86. The summed E-state index contributed by atoms with van der Waals surface area (Å²) in [5.74, 6) is -1.80. The van der Waals surface area contributed by atoms with Crippen LogP contribution in [0.2, 0.25) is 0 Å². The van der Waals surface area contributed by atoms with Crippen LogP contribution in [0.3, 0.4) is 0 Å². The minimum absolute atomic E-state index is 0. The van der Waals surface area contributed by atoms with Crippen LogP contribution < -0.4 is 35.3 Å². The largest absolute Gasteiger partial charge is 1.00 e. The number of aliphatic carboxylic acids is 2.